The molecule has 0 aromatic heterocycles. The number of rotatable bonds is 13. The summed E-state index contributed by atoms with van der Waals surface area (Å²) in [6.07, 6.45) is 3.93. The minimum Gasteiger partial charge on any atom is -0.495 e. The van der Waals surface area contributed by atoms with Crippen molar-refractivity contribution in [3.8, 4) is 5.75 Å². The maximum absolute atomic E-state index is 14.7. The van der Waals surface area contributed by atoms with Gasteiger partial charge in [-0.3, -0.25) is 13.9 Å². The number of benzene rings is 4. The lowest BCUT2D eigenvalue weighted by molar-refractivity contribution is -0.140. The van der Waals surface area contributed by atoms with Gasteiger partial charge in [-0.2, -0.15) is 0 Å². The molecule has 1 aliphatic rings. The summed E-state index contributed by atoms with van der Waals surface area (Å²) >= 11 is 0. The highest BCUT2D eigenvalue weighted by molar-refractivity contribution is 7.92. The number of carbonyl (C=O) groups is 2. The van der Waals surface area contributed by atoms with Crippen molar-refractivity contribution < 1.29 is 27.1 Å². The number of methoxy groups -OCH3 is 1. The molecule has 5 rings (SSSR count). The van der Waals surface area contributed by atoms with Crippen LogP contribution >= 0.6 is 0 Å². The molecule has 0 aliphatic heterocycles. The first-order valence-corrected chi connectivity index (χ1v) is 17.6. The quantitative estimate of drug-likeness (QED) is 0.179. The molecule has 0 radical (unpaired) electrons. The van der Waals surface area contributed by atoms with Crippen molar-refractivity contribution in [3.63, 3.8) is 0 Å². The molecule has 0 saturated heterocycles. The Labute approximate surface area is 282 Å². The maximum atomic E-state index is 14.7. The number of amides is 2. The first-order valence-electron chi connectivity index (χ1n) is 16.2. The van der Waals surface area contributed by atoms with E-state index in [2.05, 4.69) is 5.32 Å². The van der Waals surface area contributed by atoms with Gasteiger partial charge in [-0.1, -0.05) is 79.1 Å². The van der Waals surface area contributed by atoms with Crippen molar-refractivity contribution in [2.75, 3.05) is 18.0 Å². The second-order valence-corrected chi connectivity index (χ2v) is 14.2. The number of nitrogens with zero attached hydrogens (tertiary/aromatic N) is 2. The van der Waals surface area contributed by atoms with Crippen LogP contribution in [-0.4, -0.2) is 50.9 Å². The largest absolute Gasteiger partial charge is 0.495 e. The van der Waals surface area contributed by atoms with Gasteiger partial charge in [0.15, 0.2) is 0 Å². The van der Waals surface area contributed by atoms with Crippen molar-refractivity contribution >= 4 is 27.5 Å². The number of anilines is 1. The minimum absolute atomic E-state index is 0.00600. The van der Waals surface area contributed by atoms with Gasteiger partial charge in [0.2, 0.25) is 11.8 Å². The molecule has 1 fully saturated rings. The van der Waals surface area contributed by atoms with E-state index in [9.17, 15) is 22.4 Å². The molecule has 4 aromatic rings. The van der Waals surface area contributed by atoms with Crippen LogP contribution < -0.4 is 14.4 Å². The fraction of sp³-hybridized carbons (Fsp3) is 0.316. The normalized spacial score (nSPS) is 13.9. The van der Waals surface area contributed by atoms with Crippen LogP contribution in [0.5, 0.6) is 5.75 Å². The summed E-state index contributed by atoms with van der Waals surface area (Å²) in [4.78, 5) is 30.3. The summed E-state index contributed by atoms with van der Waals surface area (Å²) < 4.78 is 49.3. The van der Waals surface area contributed by atoms with E-state index in [0.29, 0.717) is 5.56 Å². The first-order chi connectivity index (χ1) is 23.0. The molecule has 2 amide bonds. The monoisotopic (exact) mass is 671 g/mol. The van der Waals surface area contributed by atoms with Crippen LogP contribution in [0.25, 0.3) is 0 Å². The molecule has 1 N–H and O–H groups in total. The van der Waals surface area contributed by atoms with E-state index in [4.69, 9.17) is 4.74 Å². The molecule has 252 valence electrons. The zero-order chi connectivity index (χ0) is 34.3. The molecule has 1 aliphatic carbocycles. The average molecular weight is 672 g/mol. The number of nitrogens with one attached hydrogen (secondary N) is 1. The molecule has 48 heavy (non-hydrogen) atoms. The van der Waals surface area contributed by atoms with Gasteiger partial charge >= 0.3 is 0 Å². The number of halogens is 1. The SMILES string of the molecule is COc1ccc(C)cc1N(CC(=O)N(Cc1ccc(F)cc1)C(Cc1ccccc1)C(=O)NC1CCCC1)S(=O)(=O)c1ccc(C)cc1. The Morgan fingerprint density at radius 1 is 0.875 bits per heavy atom. The molecule has 1 unspecified atom stereocenters. The van der Waals surface area contributed by atoms with Crippen LogP contribution in [0.15, 0.2) is 102 Å². The minimum atomic E-state index is -4.30. The van der Waals surface area contributed by atoms with E-state index in [0.717, 1.165) is 46.7 Å². The average Bonchev–Trinajstić information content (AvgIpc) is 3.59. The van der Waals surface area contributed by atoms with Gasteiger partial charge in [-0.15, -0.1) is 0 Å². The van der Waals surface area contributed by atoms with Crippen LogP contribution in [0.2, 0.25) is 0 Å². The molecule has 1 saturated carbocycles. The molecular weight excluding hydrogens is 629 g/mol. The van der Waals surface area contributed by atoms with Gasteiger partial charge in [0.05, 0.1) is 17.7 Å². The standard InChI is InChI=1S/C38H42FN3O5S/c1-27-13-20-33(21-14-27)48(45,46)42(34-23-28(2)15-22-36(34)47-3)26-37(43)41(25-30-16-18-31(39)19-17-30)35(24-29-9-5-4-6-10-29)38(44)40-32-11-7-8-12-32/h4-6,9-10,13-23,32,35H,7-8,11-12,24-26H2,1-3H3,(H,40,44). The Kier molecular flexibility index (Phi) is 11.2. The highest BCUT2D eigenvalue weighted by atomic mass is 32.2. The highest BCUT2D eigenvalue weighted by Gasteiger charge is 2.36. The molecule has 0 heterocycles. The van der Waals surface area contributed by atoms with Gasteiger partial charge in [0.25, 0.3) is 10.0 Å². The molecule has 1 atom stereocenters. The van der Waals surface area contributed by atoms with Crippen molar-refractivity contribution in [1.29, 1.82) is 0 Å². The smallest absolute Gasteiger partial charge is 0.264 e. The third kappa shape index (κ3) is 8.41. The Bertz CT molecular complexity index is 1810. The van der Waals surface area contributed by atoms with E-state index in [-0.39, 0.29) is 41.2 Å². The number of hydrogen-bond acceptors (Lipinski definition) is 5. The number of hydrogen-bond donors (Lipinski definition) is 1. The summed E-state index contributed by atoms with van der Waals surface area (Å²) in [5.41, 5.74) is 3.28. The summed E-state index contributed by atoms with van der Waals surface area (Å²) in [5, 5.41) is 3.16. The van der Waals surface area contributed by atoms with E-state index in [1.807, 2.05) is 44.2 Å². The zero-order valence-corrected chi connectivity index (χ0v) is 28.4. The summed E-state index contributed by atoms with van der Waals surface area (Å²) in [5.74, 6) is -1.07. The molecular formula is C38H42FN3O5S. The lowest BCUT2D eigenvalue weighted by atomic mass is 10.0. The molecule has 0 spiro atoms. The number of carbonyl (C=O) groups excluding carboxylic acids is 2. The number of sulfonamides is 1. The predicted molar refractivity (Wildman–Crippen MR) is 185 cm³/mol. The fourth-order valence-corrected chi connectivity index (χ4v) is 7.47. The van der Waals surface area contributed by atoms with E-state index < -0.39 is 34.3 Å². The Hall–Kier alpha value is -4.70. The van der Waals surface area contributed by atoms with Crippen LogP contribution in [0.3, 0.4) is 0 Å². The summed E-state index contributed by atoms with van der Waals surface area (Å²) in [7, 11) is -2.85. The number of aryl methyl sites for hydroxylation is 2. The van der Waals surface area contributed by atoms with E-state index in [1.165, 1.54) is 36.3 Å². The van der Waals surface area contributed by atoms with Crippen LogP contribution in [0, 0.1) is 19.7 Å². The van der Waals surface area contributed by atoms with Gasteiger partial charge in [-0.05, 0) is 79.8 Å². The van der Waals surface area contributed by atoms with E-state index >= 15 is 0 Å². The van der Waals surface area contributed by atoms with Gasteiger partial charge in [0, 0.05) is 19.0 Å². The van der Waals surface area contributed by atoms with Crippen molar-refractivity contribution in [3.05, 3.63) is 125 Å². The second-order valence-electron chi connectivity index (χ2n) is 12.3. The zero-order valence-electron chi connectivity index (χ0n) is 27.6. The van der Waals surface area contributed by atoms with Gasteiger partial charge in [0.1, 0.15) is 24.2 Å². The molecule has 8 nitrogen and oxygen atoms in total. The second kappa shape index (κ2) is 15.5. The Balaban J connectivity index is 1.60. The lowest BCUT2D eigenvalue weighted by Gasteiger charge is -2.34. The Morgan fingerprint density at radius 3 is 2.17 bits per heavy atom. The Morgan fingerprint density at radius 2 is 1.52 bits per heavy atom. The van der Waals surface area contributed by atoms with E-state index in [1.54, 1.807) is 42.5 Å². The van der Waals surface area contributed by atoms with Crippen LogP contribution in [0.4, 0.5) is 10.1 Å². The maximum Gasteiger partial charge on any atom is 0.264 e. The highest BCUT2D eigenvalue weighted by Crippen LogP contribution is 2.34. The van der Waals surface area contributed by atoms with Gasteiger partial charge < -0.3 is 15.0 Å². The fourth-order valence-electron chi connectivity index (χ4n) is 6.05. The predicted octanol–water partition coefficient (Wildman–Crippen LogP) is 6.35. The molecule has 4 aromatic carbocycles. The van der Waals surface area contributed by atoms with Crippen molar-refractivity contribution in [2.45, 2.75) is 69.5 Å². The van der Waals surface area contributed by atoms with Crippen LogP contribution in [0.1, 0.15) is 47.9 Å². The summed E-state index contributed by atoms with van der Waals surface area (Å²) in [6, 6.07) is 25.7. The van der Waals surface area contributed by atoms with Crippen molar-refractivity contribution in [1.82, 2.24) is 10.2 Å². The first kappa shape index (κ1) is 34.6. The third-order valence-electron chi connectivity index (χ3n) is 8.73. The molecule has 10 heteroatoms. The van der Waals surface area contributed by atoms with Crippen molar-refractivity contribution in [2.24, 2.45) is 0 Å². The van der Waals surface area contributed by atoms with Gasteiger partial charge in [-0.25, -0.2) is 12.8 Å². The lowest BCUT2D eigenvalue weighted by Crippen LogP contribution is -2.54. The third-order valence-corrected chi connectivity index (χ3v) is 10.5. The van der Waals surface area contributed by atoms with Crippen LogP contribution in [-0.2, 0) is 32.6 Å². The topological polar surface area (TPSA) is 96.0 Å². The number of ether oxygens (including phenoxy) is 1. The summed E-state index contributed by atoms with van der Waals surface area (Å²) in [6.45, 7) is 3.03. The molecule has 0 bridgehead atoms.